The van der Waals surface area contributed by atoms with Crippen molar-refractivity contribution in [3.8, 4) is 0 Å². The van der Waals surface area contributed by atoms with Gasteiger partial charge in [-0.15, -0.1) is 0 Å². The van der Waals surface area contributed by atoms with Gasteiger partial charge in [-0.25, -0.2) is 4.98 Å². The fourth-order valence-corrected chi connectivity index (χ4v) is 3.46. The van der Waals surface area contributed by atoms with Crippen molar-refractivity contribution < 1.29 is 4.79 Å². The number of amides is 1. The molecule has 1 amide bonds. The molecule has 1 fully saturated rings. The van der Waals surface area contributed by atoms with Crippen molar-refractivity contribution in [1.29, 1.82) is 0 Å². The first-order valence-corrected chi connectivity index (χ1v) is 8.40. The highest BCUT2D eigenvalue weighted by molar-refractivity contribution is 5.82. The van der Waals surface area contributed by atoms with Gasteiger partial charge in [0.05, 0.1) is 5.41 Å². The Morgan fingerprint density at radius 3 is 2.91 bits per heavy atom. The first-order chi connectivity index (χ1) is 10.5. The molecule has 1 atom stereocenters. The predicted molar refractivity (Wildman–Crippen MR) is 88.6 cm³/mol. The van der Waals surface area contributed by atoms with E-state index in [1.54, 1.807) is 0 Å². The van der Waals surface area contributed by atoms with Crippen molar-refractivity contribution in [2.24, 2.45) is 12.5 Å². The number of piperidine rings is 1. The van der Waals surface area contributed by atoms with Gasteiger partial charge >= 0.3 is 0 Å². The molecule has 0 aliphatic carbocycles. The van der Waals surface area contributed by atoms with E-state index in [-0.39, 0.29) is 5.41 Å². The first kappa shape index (κ1) is 17.0. The summed E-state index contributed by atoms with van der Waals surface area (Å²) in [7, 11) is 3.95. The van der Waals surface area contributed by atoms with Crippen LogP contribution in [0.2, 0.25) is 0 Å². The molecule has 124 valence electrons. The average molecular weight is 306 g/mol. The molecular formula is C17H30N4O. The molecule has 5 nitrogen and oxygen atoms in total. The van der Waals surface area contributed by atoms with Gasteiger partial charge in [0.15, 0.2) is 0 Å². The van der Waals surface area contributed by atoms with Crippen molar-refractivity contribution in [2.45, 2.75) is 39.5 Å². The van der Waals surface area contributed by atoms with Gasteiger partial charge in [0.2, 0.25) is 5.91 Å². The maximum absolute atomic E-state index is 12.8. The third-order valence-electron chi connectivity index (χ3n) is 4.90. The summed E-state index contributed by atoms with van der Waals surface area (Å²) in [6.45, 7) is 8.16. The van der Waals surface area contributed by atoms with E-state index in [0.717, 1.165) is 57.7 Å². The molecule has 22 heavy (non-hydrogen) atoms. The number of rotatable bonds is 6. The molecular weight excluding hydrogens is 276 g/mol. The summed E-state index contributed by atoms with van der Waals surface area (Å²) in [6.07, 6.45) is 7.79. The Kier molecular flexibility index (Phi) is 5.62. The predicted octanol–water partition coefficient (Wildman–Crippen LogP) is 1.93. The van der Waals surface area contributed by atoms with E-state index in [9.17, 15) is 4.79 Å². The van der Waals surface area contributed by atoms with E-state index in [2.05, 4.69) is 23.7 Å². The van der Waals surface area contributed by atoms with Gasteiger partial charge in [-0.3, -0.25) is 4.79 Å². The fraction of sp³-hybridized carbons (Fsp3) is 0.765. The Balaban J connectivity index is 1.84. The number of aromatic nitrogens is 2. The quantitative estimate of drug-likeness (QED) is 0.806. The Labute approximate surface area is 134 Å². The summed E-state index contributed by atoms with van der Waals surface area (Å²) >= 11 is 0. The maximum atomic E-state index is 12.8. The molecule has 0 spiro atoms. The summed E-state index contributed by atoms with van der Waals surface area (Å²) in [5.74, 6) is 1.38. The van der Waals surface area contributed by atoms with Crippen LogP contribution in [0, 0.1) is 5.41 Å². The number of carbonyl (C=O) groups excluding carboxylic acids is 1. The van der Waals surface area contributed by atoms with Crippen molar-refractivity contribution in [1.82, 2.24) is 19.4 Å². The largest absolute Gasteiger partial charge is 0.345 e. The molecule has 1 aromatic heterocycles. The zero-order valence-corrected chi connectivity index (χ0v) is 14.5. The smallest absolute Gasteiger partial charge is 0.229 e. The van der Waals surface area contributed by atoms with Crippen LogP contribution in [0.15, 0.2) is 12.4 Å². The SMILES string of the molecule is CCN1CCC[C@@](C)(C(=O)N(C)CCCc2nccn2C)C1. The van der Waals surface area contributed by atoms with Crippen LogP contribution in [0.4, 0.5) is 0 Å². The molecule has 0 N–H and O–H groups in total. The Hall–Kier alpha value is -1.36. The second-order valence-corrected chi connectivity index (χ2v) is 6.82. The van der Waals surface area contributed by atoms with Gasteiger partial charge in [0.25, 0.3) is 0 Å². The highest BCUT2D eigenvalue weighted by atomic mass is 16.2. The van der Waals surface area contributed by atoms with Crippen LogP contribution in [0.3, 0.4) is 0 Å². The van der Waals surface area contributed by atoms with E-state index in [4.69, 9.17) is 0 Å². The summed E-state index contributed by atoms with van der Waals surface area (Å²) in [6, 6.07) is 0. The number of imidazole rings is 1. The van der Waals surface area contributed by atoms with Crippen LogP contribution >= 0.6 is 0 Å². The average Bonchev–Trinajstić information content (AvgIpc) is 2.91. The highest BCUT2D eigenvalue weighted by Gasteiger charge is 2.38. The fourth-order valence-electron chi connectivity index (χ4n) is 3.46. The lowest BCUT2D eigenvalue weighted by Gasteiger charge is -2.41. The molecule has 1 saturated heterocycles. The van der Waals surface area contributed by atoms with Gasteiger partial charge in [-0.2, -0.15) is 0 Å². The molecule has 1 aromatic rings. The lowest BCUT2D eigenvalue weighted by molar-refractivity contribution is -0.143. The lowest BCUT2D eigenvalue weighted by atomic mass is 9.80. The van der Waals surface area contributed by atoms with E-state index in [1.165, 1.54) is 0 Å². The van der Waals surface area contributed by atoms with Crippen LogP contribution in [0.5, 0.6) is 0 Å². The van der Waals surface area contributed by atoms with Crippen LogP contribution in [0.1, 0.15) is 38.9 Å². The maximum Gasteiger partial charge on any atom is 0.229 e. The van der Waals surface area contributed by atoms with Gasteiger partial charge < -0.3 is 14.4 Å². The van der Waals surface area contributed by atoms with Crippen LogP contribution < -0.4 is 0 Å². The molecule has 1 aliphatic heterocycles. The summed E-state index contributed by atoms with van der Waals surface area (Å²) in [5, 5.41) is 0. The number of likely N-dealkylation sites (tertiary alicyclic amines) is 1. The molecule has 2 heterocycles. The summed E-state index contributed by atoms with van der Waals surface area (Å²) < 4.78 is 2.05. The Morgan fingerprint density at radius 2 is 2.27 bits per heavy atom. The Morgan fingerprint density at radius 1 is 1.50 bits per heavy atom. The van der Waals surface area contributed by atoms with Crippen LogP contribution in [-0.2, 0) is 18.3 Å². The zero-order valence-electron chi connectivity index (χ0n) is 14.5. The number of aryl methyl sites for hydroxylation is 2. The van der Waals surface area contributed by atoms with E-state index >= 15 is 0 Å². The minimum Gasteiger partial charge on any atom is -0.345 e. The molecule has 0 radical (unpaired) electrons. The second kappa shape index (κ2) is 7.27. The number of nitrogens with zero attached hydrogens (tertiary/aromatic N) is 4. The zero-order chi connectivity index (χ0) is 16.2. The van der Waals surface area contributed by atoms with Crippen molar-refractivity contribution in [2.75, 3.05) is 33.2 Å². The number of carbonyl (C=O) groups is 1. The van der Waals surface area contributed by atoms with Crippen LogP contribution in [-0.4, -0.2) is 58.5 Å². The summed E-state index contributed by atoms with van der Waals surface area (Å²) in [5.41, 5.74) is -0.216. The number of hydrogen-bond acceptors (Lipinski definition) is 3. The third-order valence-corrected chi connectivity index (χ3v) is 4.90. The van der Waals surface area contributed by atoms with E-state index in [0.29, 0.717) is 5.91 Å². The molecule has 0 aromatic carbocycles. The number of hydrogen-bond donors (Lipinski definition) is 0. The normalized spacial score (nSPS) is 22.7. The topological polar surface area (TPSA) is 41.4 Å². The molecule has 5 heteroatoms. The van der Waals surface area contributed by atoms with Gasteiger partial charge in [0.1, 0.15) is 5.82 Å². The van der Waals surface area contributed by atoms with Crippen molar-refractivity contribution >= 4 is 5.91 Å². The molecule has 0 bridgehead atoms. The Bertz CT molecular complexity index is 499. The lowest BCUT2D eigenvalue weighted by Crippen LogP contribution is -2.50. The minimum absolute atomic E-state index is 0.216. The standard InChI is InChI=1S/C17H30N4O/c1-5-21-12-7-9-17(2,14-21)16(22)20(4)11-6-8-15-18-10-13-19(15)3/h10,13H,5-9,11-12,14H2,1-4H3/t17-/m1/s1. The molecule has 0 saturated carbocycles. The molecule has 0 unspecified atom stereocenters. The third kappa shape index (κ3) is 3.88. The van der Waals surface area contributed by atoms with E-state index in [1.807, 2.05) is 36.0 Å². The first-order valence-electron chi connectivity index (χ1n) is 8.40. The second-order valence-electron chi connectivity index (χ2n) is 6.82. The van der Waals surface area contributed by atoms with Crippen LogP contribution in [0.25, 0.3) is 0 Å². The minimum atomic E-state index is -0.216. The monoisotopic (exact) mass is 306 g/mol. The van der Waals surface area contributed by atoms with Crippen molar-refractivity contribution in [3.05, 3.63) is 18.2 Å². The van der Waals surface area contributed by atoms with Crippen molar-refractivity contribution in [3.63, 3.8) is 0 Å². The van der Waals surface area contributed by atoms with Gasteiger partial charge in [-0.1, -0.05) is 6.92 Å². The molecule has 1 aliphatic rings. The summed E-state index contributed by atoms with van der Waals surface area (Å²) in [4.78, 5) is 21.5. The van der Waals surface area contributed by atoms with Gasteiger partial charge in [-0.05, 0) is 39.3 Å². The van der Waals surface area contributed by atoms with E-state index < -0.39 is 0 Å². The molecule has 2 rings (SSSR count). The van der Waals surface area contributed by atoms with Gasteiger partial charge in [0, 0.05) is 46.0 Å². The highest BCUT2D eigenvalue weighted by Crippen LogP contribution is 2.31.